The Bertz CT molecular complexity index is 1330. The van der Waals surface area contributed by atoms with Crippen LogP contribution >= 0.6 is 46.4 Å². The zero-order valence-corrected chi connectivity index (χ0v) is 20.3. The van der Waals surface area contributed by atoms with Crippen LogP contribution in [0.1, 0.15) is 5.56 Å². The van der Waals surface area contributed by atoms with Gasteiger partial charge in [0, 0.05) is 18.6 Å². The monoisotopic (exact) mass is 529 g/mol. The summed E-state index contributed by atoms with van der Waals surface area (Å²) in [5.74, 6) is 0. The fraction of sp³-hybridized carbons (Fsp3) is 0.0952. The van der Waals surface area contributed by atoms with Crippen LogP contribution in [0.2, 0.25) is 20.1 Å². The first-order valence-electron chi connectivity index (χ1n) is 9.20. The van der Waals surface area contributed by atoms with Crippen molar-refractivity contribution in [3.63, 3.8) is 0 Å². The van der Waals surface area contributed by atoms with Crippen LogP contribution < -0.4 is 14.5 Å². The normalized spacial score (nSPS) is 13.5. The third kappa shape index (κ3) is 4.00. The Morgan fingerprint density at radius 1 is 0.938 bits per heavy atom. The molecule has 0 aromatic heterocycles. The van der Waals surface area contributed by atoms with Crippen LogP contribution in [-0.2, 0) is 16.6 Å². The van der Waals surface area contributed by atoms with Gasteiger partial charge in [0.25, 0.3) is 10.0 Å². The predicted octanol–water partition coefficient (Wildman–Crippen LogP) is 6.49. The maximum atomic E-state index is 13.2. The van der Waals surface area contributed by atoms with E-state index in [1.54, 1.807) is 36.4 Å². The number of anilines is 3. The van der Waals surface area contributed by atoms with Crippen molar-refractivity contribution in [2.45, 2.75) is 11.4 Å². The van der Waals surface area contributed by atoms with Crippen molar-refractivity contribution in [2.75, 3.05) is 16.3 Å². The van der Waals surface area contributed by atoms with Crippen molar-refractivity contribution >= 4 is 79.5 Å². The van der Waals surface area contributed by atoms with E-state index < -0.39 is 16.1 Å². The number of halogens is 4. The standard InChI is InChI=1S/C21H15Cl4N3O3S/c1-27(32(30,31)19-10-13(22)5-7-15(19)23)14-6-8-18-12(9-14)11-26-21(29)28(18)20-16(24)3-2-4-17(20)25/h2-10H,11H2,1H3,(H,26,29). The Morgan fingerprint density at radius 2 is 1.62 bits per heavy atom. The van der Waals surface area contributed by atoms with Gasteiger partial charge in [-0.25, -0.2) is 13.2 Å². The summed E-state index contributed by atoms with van der Waals surface area (Å²) in [5, 5.41) is 3.68. The van der Waals surface area contributed by atoms with Gasteiger partial charge in [-0.15, -0.1) is 0 Å². The quantitative estimate of drug-likeness (QED) is 0.419. The summed E-state index contributed by atoms with van der Waals surface area (Å²) in [4.78, 5) is 13.9. The summed E-state index contributed by atoms with van der Waals surface area (Å²) in [5.41, 5.74) is 1.94. The van der Waals surface area contributed by atoms with Gasteiger partial charge < -0.3 is 5.32 Å². The maximum Gasteiger partial charge on any atom is 0.326 e. The smallest absolute Gasteiger partial charge is 0.326 e. The molecule has 0 fully saturated rings. The number of sulfonamides is 1. The summed E-state index contributed by atoms with van der Waals surface area (Å²) >= 11 is 24.7. The van der Waals surface area contributed by atoms with E-state index in [-0.39, 0.29) is 21.5 Å². The van der Waals surface area contributed by atoms with Gasteiger partial charge >= 0.3 is 6.03 Å². The van der Waals surface area contributed by atoms with E-state index >= 15 is 0 Å². The minimum atomic E-state index is -3.99. The zero-order chi connectivity index (χ0) is 23.2. The first kappa shape index (κ1) is 23.0. The molecule has 0 saturated heterocycles. The van der Waals surface area contributed by atoms with Gasteiger partial charge in [-0.05, 0) is 54.1 Å². The molecule has 3 aromatic rings. The second-order valence-corrected chi connectivity index (χ2v) is 10.5. The summed E-state index contributed by atoms with van der Waals surface area (Å²) in [6.45, 7) is 0.201. The molecule has 11 heteroatoms. The lowest BCUT2D eigenvalue weighted by atomic mass is 10.1. The Labute approximate surface area is 205 Å². The second-order valence-electron chi connectivity index (χ2n) is 6.92. The Hall–Kier alpha value is -2.16. The average molecular weight is 531 g/mol. The molecule has 6 nitrogen and oxygen atoms in total. The molecule has 0 spiro atoms. The molecule has 32 heavy (non-hydrogen) atoms. The Morgan fingerprint density at radius 3 is 2.31 bits per heavy atom. The zero-order valence-electron chi connectivity index (χ0n) is 16.4. The van der Waals surface area contributed by atoms with Crippen LogP contribution in [0, 0.1) is 0 Å². The number of benzene rings is 3. The lowest BCUT2D eigenvalue weighted by Crippen LogP contribution is -2.41. The minimum Gasteiger partial charge on any atom is -0.333 e. The van der Waals surface area contributed by atoms with Crippen LogP contribution in [0.5, 0.6) is 0 Å². The number of fused-ring (bicyclic) bond motifs is 1. The SMILES string of the molecule is CN(c1ccc2c(c1)CNC(=O)N2c1c(Cl)cccc1Cl)S(=O)(=O)c1cc(Cl)ccc1Cl. The molecular weight excluding hydrogens is 516 g/mol. The second kappa shape index (κ2) is 8.65. The number of nitrogens with one attached hydrogen (secondary N) is 1. The molecular formula is C21H15Cl4N3O3S. The summed E-state index contributed by atoms with van der Waals surface area (Å²) in [6, 6.07) is 13.7. The summed E-state index contributed by atoms with van der Waals surface area (Å²) < 4.78 is 27.4. The van der Waals surface area contributed by atoms with E-state index in [0.717, 1.165) is 4.31 Å². The third-order valence-electron chi connectivity index (χ3n) is 4.99. The van der Waals surface area contributed by atoms with E-state index in [9.17, 15) is 13.2 Å². The van der Waals surface area contributed by atoms with Crippen molar-refractivity contribution in [1.29, 1.82) is 0 Å². The molecule has 1 aliphatic heterocycles. The largest absolute Gasteiger partial charge is 0.333 e. The number of nitrogens with zero attached hydrogens (tertiary/aromatic N) is 2. The number of hydrogen-bond acceptors (Lipinski definition) is 3. The van der Waals surface area contributed by atoms with Gasteiger partial charge in [-0.1, -0.05) is 52.5 Å². The van der Waals surface area contributed by atoms with Crippen LogP contribution in [0.4, 0.5) is 21.9 Å². The lowest BCUT2D eigenvalue weighted by Gasteiger charge is -2.32. The van der Waals surface area contributed by atoms with Crippen LogP contribution in [0.15, 0.2) is 59.5 Å². The molecule has 3 aromatic carbocycles. The van der Waals surface area contributed by atoms with Gasteiger partial charge in [0.05, 0.1) is 32.1 Å². The fourth-order valence-corrected chi connectivity index (χ4v) is 5.86. The predicted molar refractivity (Wildman–Crippen MR) is 129 cm³/mol. The third-order valence-corrected chi connectivity index (χ3v) is 8.11. The van der Waals surface area contributed by atoms with E-state index in [1.807, 2.05) is 0 Å². The topological polar surface area (TPSA) is 69.7 Å². The van der Waals surface area contributed by atoms with Crippen molar-refractivity contribution < 1.29 is 13.2 Å². The molecule has 2 amide bonds. The number of carbonyl (C=O) groups excluding carboxylic acids is 1. The molecule has 4 rings (SSSR count). The van der Waals surface area contributed by atoms with E-state index in [4.69, 9.17) is 46.4 Å². The van der Waals surface area contributed by atoms with Crippen LogP contribution in [0.25, 0.3) is 0 Å². The molecule has 1 N–H and O–H groups in total. The number of para-hydroxylation sites is 1. The highest BCUT2D eigenvalue weighted by atomic mass is 35.5. The van der Waals surface area contributed by atoms with Gasteiger partial charge in [0.1, 0.15) is 4.90 Å². The number of amides is 2. The Kier molecular flexibility index (Phi) is 6.22. The molecule has 0 bridgehead atoms. The lowest BCUT2D eigenvalue weighted by molar-refractivity contribution is 0.247. The van der Waals surface area contributed by atoms with Crippen molar-refractivity contribution in [2.24, 2.45) is 0 Å². The Balaban J connectivity index is 1.77. The molecule has 0 aliphatic carbocycles. The number of hydrogen-bond donors (Lipinski definition) is 1. The van der Waals surface area contributed by atoms with Gasteiger partial charge in [0.2, 0.25) is 0 Å². The highest BCUT2D eigenvalue weighted by molar-refractivity contribution is 7.93. The van der Waals surface area contributed by atoms with Crippen LogP contribution in [-0.4, -0.2) is 21.5 Å². The average Bonchev–Trinajstić information content (AvgIpc) is 2.75. The first-order chi connectivity index (χ1) is 15.1. The van der Waals surface area contributed by atoms with Crippen LogP contribution in [0.3, 0.4) is 0 Å². The van der Waals surface area contributed by atoms with Gasteiger partial charge in [0.15, 0.2) is 0 Å². The van der Waals surface area contributed by atoms with E-state index in [0.29, 0.717) is 32.7 Å². The highest BCUT2D eigenvalue weighted by Crippen LogP contribution is 2.42. The molecule has 0 saturated carbocycles. The maximum absolute atomic E-state index is 13.2. The van der Waals surface area contributed by atoms with E-state index in [1.165, 1.54) is 30.1 Å². The van der Waals surface area contributed by atoms with Crippen molar-refractivity contribution in [1.82, 2.24) is 5.32 Å². The summed E-state index contributed by atoms with van der Waals surface area (Å²) in [6.07, 6.45) is 0. The fourth-order valence-electron chi connectivity index (χ4n) is 3.37. The van der Waals surface area contributed by atoms with Gasteiger partial charge in [-0.2, -0.15) is 0 Å². The highest BCUT2D eigenvalue weighted by Gasteiger charge is 2.30. The number of carbonyl (C=O) groups is 1. The summed E-state index contributed by atoms with van der Waals surface area (Å²) in [7, 11) is -2.57. The molecule has 0 radical (unpaired) electrons. The molecule has 0 atom stereocenters. The first-order valence-corrected chi connectivity index (χ1v) is 12.2. The minimum absolute atomic E-state index is 0.0611. The van der Waals surface area contributed by atoms with Gasteiger partial charge in [-0.3, -0.25) is 9.21 Å². The van der Waals surface area contributed by atoms with Crippen molar-refractivity contribution in [3.05, 3.63) is 80.3 Å². The van der Waals surface area contributed by atoms with E-state index in [2.05, 4.69) is 5.32 Å². The molecule has 1 aliphatic rings. The van der Waals surface area contributed by atoms with Crippen molar-refractivity contribution in [3.8, 4) is 0 Å². The number of rotatable bonds is 4. The molecule has 0 unspecified atom stereocenters. The molecule has 166 valence electrons. The molecule has 1 heterocycles. The number of urea groups is 1.